The zero-order chi connectivity index (χ0) is 17.0. The molecule has 128 valence electrons. The zero-order valence-electron chi connectivity index (χ0n) is 13.6. The Balaban J connectivity index is 1.94. The number of nitrogens with one attached hydrogen (secondary N) is 2. The molecule has 0 spiro atoms. The number of anilines is 1. The van der Waals surface area contributed by atoms with Gasteiger partial charge in [-0.05, 0) is 38.2 Å². The molecule has 1 heterocycles. The number of benzene rings is 1. The third-order valence-corrected chi connectivity index (χ3v) is 4.81. The van der Waals surface area contributed by atoms with Crippen LogP contribution in [0.3, 0.4) is 0 Å². The highest BCUT2D eigenvalue weighted by Crippen LogP contribution is 2.15. The second-order valence-electron chi connectivity index (χ2n) is 5.72. The maximum atomic E-state index is 12.1. The number of amides is 2. The molecule has 2 amide bonds. The molecule has 0 bridgehead atoms. The molecule has 8 heteroatoms. The summed E-state index contributed by atoms with van der Waals surface area (Å²) in [4.78, 5) is 14.4. The fourth-order valence-corrected chi connectivity index (χ4v) is 3.24. The molecule has 1 aromatic rings. The summed E-state index contributed by atoms with van der Waals surface area (Å²) in [5.41, 5.74) is 0.536. The van der Waals surface area contributed by atoms with Gasteiger partial charge >= 0.3 is 6.03 Å². The molecule has 0 aromatic heterocycles. The lowest BCUT2D eigenvalue weighted by Gasteiger charge is -2.20. The molecule has 2 N–H and O–H groups in total. The molecule has 0 unspecified atom stereocenters. The van der Waals surface area contributed by atoms with E-state index in [2.05, 4.69) is 15.5 Å². The normalized spacial score (nSPS) is 22.0. The average Bonchev–Trinajstić information content (AvgIpc) is 2.78. The number of sulfone groups is 1. The summed E-state index contributed by atoms with van der Waals surface area (Å²) >= 11 is 0. The van der Waals surface area contributed by atoms with Crippen LogP contribution in [0.25, 0.3) is 0 Å². The summed E-state index contributed by atoms with van der Waals surface area (Å²) in [6.07, 6.45) is 1.12. The Bertz CT molecular complexity index is 645. The second kappa shape index (κ2) is 7.29. The highest BCUT2D eigenvalue weighted by molar-refractivity contribution is 7.90. The fraction of sp³-hybridized carbons (Fsp3) is 0.533. The Morgan fingerprint density at radius 3 is 2.52 bits per heavy atom. The lowest BCUT2D eigenvalue weighted by Crippen LogP contribution is -2.45. The molecule has 0 saturated carbocycles. The number of rotatable bonds is 5. The van der Waals surface area contributed by atoms with Gasteiger partial charge in [-0.1, -0.05) is 0 Å². The zero-order valence-corrected chi connectivity index (χ0v) is 14.4. The molecule has 2 rings (SSSR count). The van der Waals surface area contributed by atoms with Gasteiger partial charge in [0.1, 0.15) is 0 Å². The minimum atomic E-state index is -3.24. The number of hydrogen-bond acceptors (Lipinski definition) is 5. The predicted octanol–water partition coefficient (Wildman–Crippen LogP) is 0.931. The van der Waals surface area contributed by atoms with Gasteiger partial charge in [-0.3, -0.25) is 0 Å². The molecule has 7 nitrogen and oxygen atoms in total. The first-order valence-corrected chi connectivity index (χ1v) is 9.36. The predicted molar refractivity (Wildman–Crippen MR) is 88.4 cm³/mol. The number of nitrogens with zero attached hydrogens (tertiary/aromatic N) is 1. The first-order valence-electron chi connectivity index (χ1n) is 7.47. The van der Waals surface area contributed by atoms with Crippen LogP contribution in [-0.2, 0) is 14.6 Å². The van der Waals surface area contributed by atoms with E-state index in [1.807, 2.05) is 14.0 Å². The molecule has 1 saturated heterocycles. The van der Waals surface area contributed by atoms with Crippen molar-refractivity contribution < 1.29 is 17.9 Å². The molecule has 23 heavy (non-hydrogen) atoms. The molecule has 1 fully saturated rings. The molecule has 0 radical (unpaired) electrons. The van der Waals surface area contributed by atoms with E-state index in [9.17, 15) is 13.2 Å². The lowest BCUT2D eigenvalue weighted by molar-refractivity contribution is 0.0568. The van der Waals surface area contributed by atoms with Crippen LogP contribution in [0.4, 0.5) is 10.5 Å². The van der Waals surface area contributed by atoms with Gasteiger partial charge in [-0.25, -0.2) is 13.2 Å². The average molecular weight is 341 g/mol. The van der Waals surface area contributed by atoms with E-state index >= 15 is 0 Å². The van der Waals surface area contributed by atoms with Crippen molar-refractivity contribution in [1.29, 1.82) is 0 Å². The Kier molecular flexibility index (Phi) is 5.61. The topological polar surface area (TPSA) is 87.7 Å². The van der Waals surface area contributed by atoms with Gasteiger partial charge in [0.25, 0.3) is 0 Å². The minimum Gasteiger partial charge on any atom is -0.375 e. The van der Waals surface area contributed by atoms with Crippen molar-refractivity contribution >= 4 is 21.6 Å². The quantitative estimate of drug-likeness (QED) is 0.832. The van der Waals surface area contributed by atoms with Gasteiger partial charge in [0.15, 0.2) is 9.84 Å². The number of carbonyl (C=O) groups excluding carboxylic acids is 1. The third-order valence-electron chi connectivity index (χ3n) is 3.69. The number of hydrogen-bond donors (Lipinski definition) is 2. The fourth-order valence-electron chi connectivity index (χ4n) is 2.60. The molecule has 2 atom stereocenters. The maximum absolute atomic E-state index is 12.1. The van der Waals surface area contributed by atoms with Crippen molar-refractivity contribution in [3.63, 3.8) is 0 Å². The van der Waals surface area contributed by atoms with Gasteiger partial charge in [-0.2, -0.15) is 0 Å². The van der Waals surface area contributed by atoms with Crippen molar-refractivity contribution in [3.8, 4) is 0 Å². The van der Waals surface area contributed by atoms with Crippen LogP contribution in [-0.4, -0.2) is 64.5 Å². The Hall–Kier alpha value is -1.64. The number of likely N-dealkylation sites (tertiary alicyclic amines) is 1. The van der Waals surface area contributed by atoms with Crippen LogP contribution in [0.5, 0.6) is 0 Å². The molecule has 1 aliphatic heterocycles. The SMILES string of the molecule is CCO[C@@H]1CN(C)C[C@H]1NC(=O)Nc1ccc(S(C)(=O)=O)cc1. The van der Waals surface area contributed by atoms with E-state index in [-0.39, 0.29) is 23.1 Å². The van der Waals surface area contributed by atoms with E-state index in [0.717, 1.165) is 19.3 Å². The smallest absolute Gasteiger partial charge is 0.319 e. The highest BCUT2D eigenvalue weighted by atomic mass is 32.2. The molecule has 1 aromatic carbocycles. The summed E-state index contributed by atoms with van der Waals surface area (Å²) < 4.78 is 28.5. The van der Waals surface area contributed by atoms with Gasteiger partial charge in [0, 0.05) is 31.6 Å². The summed E-state index contributed by atoms with van der Waals surface area (Å²) in [6.45, 7) is 4.04. The van der Waals surface area contributed by atoms with Crippen LogP contribution in [0.15, 0.2) is 29.2 Å². The van der Waals surface area contributed by atoms with Gasteiger partial charge in [0.05, 0.1) is 17.0 Å². The van der Waals surface area contributed by atoms with Crippen molar-refractivity contribution in [1.82, 2.24) is 10.2 Å². The van der Waals surface area contributed by atoms with Crippen molar-refractivity contribution in [2.24, 2.45) is 0 Å². The third kappa shape index (κ3) is 4.92. The summed E-state index contributed by atoms with van der Waals surface area (Å²) in [5.74, 6) is 0. The summed E-state index contributed by atoms with van der Waals surface area (Å²) in [5, 5.41) is 5.61. The lowest BCUT2D eigenvalue weighted by atomic mass is 10.2. The van der Waals surface area contributed by atoms with E-state index in [1.54, 1.807) is 12.1 Å². The number of urea groups is 1. The summed E-state index contributed by atoms with van der Waals surface area (Å²) in [6, 6.07) is 5.67. The van der Waals surface area contributed by atoms with E-state index < -0.39 is 9.84 Å². The van der Waals surface area contributed by atoms with Crippen LogP contribution in [0.2, 0.25) is 0 Å². The van der Waals surface area contributed by atoms with E-state index in [1.165, 1.54) is 12.1 Å². The minimum absolute atomic E-state index is 0.0247. The van der Waals surface area contributed by atoms with Crippen LogP contribution >= 0.6 is 0 Å². The Labute approximate surface area is 136 Å². The molecular formula is C15H23N3O4S. The highest BCUT2D eigenvalue weighted by Gasteiger charge is 2.32. The van der Waals surface area contributed by atoms with Gasteiger partial charge in [0.2, 0.25) is 0 Å². The monoisotopic (exact) mass is 341 g/mol. The van der Waals surface area contributed by atoms with Crippen molar-refractivity contribution in [2.45, 2.75) is 24.0 Å². The van der Waals surface area contributed by atoms with Crippen LogP contribution in [0.1, 0.15) is 6.92 Å². The molecule has 0 aliphatic carbocycles. The van der Waals surface area contributed by atoms with E-state index in [0.29, 0.717) is 12.3 Å². The Morgan fingerprint density at radius 2 is 1.96 bits per heavy atom. The summed E-state index contributed by atoms with van der Waals surface area (Å²) in [7, 11) is -1.26. The first-order chi connectivity index (χ1) is 10.8. The largest absolute Gasteiger partial charge is 0.375 e. The number of likely N-dealkylation sites (N-methyl/N-ethyl adjacent to an activating group) is 1. The van der Waals surface area contributed by atoms with Gasteiger partial charge < -0.3 is 20.3 Å². The van der Waals surface area contributed by atoms with Crippen molar-refractivity contribution in [3.05, 3.63) is 24.3 Å². The van der Waals surface area contributed by atoms with Gasteiger partial charge in [-0.15, -0.1) is 0 Å². The van der Waals surface area contributed by atoms with Crippen LogP contribution in [0, 0.1) is 0 Å². The molecular weight excluding hydrogens is 318 g/mol. The second-order valence-corrected chi connectivity index (χ2v) is 7.73. The first kappa shape index (κ1) is 17.7. The molecule has 1 aliphatic rings. The Morgan fingerprint density at radius 1 is 1.30 bits per heavy atom. The number of ether oxygens (including phenoxy) is 1. The van der Waals surface area contributed by atoms with Crippen LogP contribution < -0.4 is 10.6 Å². The van der Waals surface area contributed by atoms with E-state index in [4.69, 9.17) is 4.74 Å². The standard InChI is InChI=1S/C15H23N3O4S/c1-4-22-14-10-18(2)9-13(14)17-15(19)16-11-5-7-12(8-6-11)23(3,20)21/h5-8,13-14H,4,9-10H2,1-3H3,(H2,16,17,19)/t13-,14-/m1/s1. The van der Waals surface area contributed by atoms with Crippen molar-refractivity contribution in [2.75, 3.05) is 38.3 Å². The number of carbonyl (C=O) groups is 1. The maximum Gasteiger partial charge on any atom is 0.319 e.